The maximum atomic E-state index is 12.5. The normalized spacial score (nSPS) is 16.0. The molecule has 1 aliphatic rings. The first-order chi connectivity index (χ1) is 22.4. The van der Waals surface area contributed by atoms with Gasteiger partial charge in [-0.3, -0.25) is 5.32 Å². The number of nitrogens with zero attached hydrogens (tertiary/aromatic N) is 4. The Bertz CT molecular complexity index is 1620. The molecule has 2 heterocycles. The Hall–Kier alpha value is -3.91. The van der Waals surface area contributed by atoms with Gasteiger partial charge < -0.3 is 34.3 Å². The van der Waals surface area contributed by atoms with Gasteiger partial charge in [0.1, 0.15) is 17.7 Å². The van der Waals surface area contributed by atoms with Crippen molar-refractivity contribution in [3.63, 3.8) is 0 Å². The average Bonchev–Trinajstić information content (AvgIpc) is 3.45. The monoisotopic (exact) mass is 646 g/mol. The number of alkyl carbamates (subject to hydrolysis) is 1. The number of aromatic nitrogens is 3. The molecule has 2 unspecified atom stereocenters. The summed E-state index contributed by atoms with van der Waals surface area (Å²) in [7, 11) is 0. The van der Waals surface area contributed by atoms with Gasteiger partial charge >= 0.3 is 6.09 Å². The van der Waals surface area contributed by atoms with Crippen molar-refractivity contribution in [2.45, 2.75) is 90.7 Å². The first-order valence-electron chi connectivity index (χ1n) is 15.9. The lowest BCUT2D eigenvalue weighted by Gasteiger charge is -2.35. The van der Waals surface area contributed by atoms with E-state index < -0.39 is 35.9 Å². The fraction of sp³-hybridized carbons (Fsp3) is 0.457. The number of carbonyl (C=O) groups excluding carboxylic acids is 1. The molecule has 0 fully saturated rings. The molecule has 3 atom stereocenters. The third kappa shape index (κ3) is 9.34. The lowest BCUT2D eigenvalue weighted by molar-refractivity contribution is -0.207. The van der Waals surface area contributed by atoms with Crippen LogP contribution in [0.1, 0.15) is 63.4 Å². The maximum absolute atomic E-state index is 12.5. The summed E-state index contributed by atoms with van der Waals surface area (Å²) in [6.07, 6.45) is -2.96. The van der Waals surface area contributed by atoms with Gasteiger partial charge in [0.15, 0.2) is 5.82 Å². The number of hydrogen-bond donors (Lipinski definition) is 4. The van der Waals surface area contributed by atoms with Crippen LogP contribution in [0.3, 0.4) is 0 Å². The summed E-state index contributed by atoms with van der Waals surface area (Å²) >= 11 is 0. The third-order valence-corrected chi connectivity index (χ3v) is 7.91. The summed E-state index contributed by atoms with van der Waals surface area (Å²) in [5, 5.41) is 39.3. The molecule has 0 saturated heterocycles. The minimum absolute atomic E-state index is 0.174. The van der Waals surface area contributed by atoms with Gasteiger partial charge in [-0.1, -0.05) is 66.7 Å². The Labute approximate surface area is 275 Å². The molecule has 4 aromatic rings. The summed E-state index contributed by atoms with van der Waals surface area (Å²) in [6, 6.07) is 23.4. The van der Waals surface area contributed by atoms with Crippen molar-refractivity contribution in [3.8, 4) is 0 Å². The molecule has 0 radical (unpaired) electrons. The van der Waals surface area contributed by atoms with Crippen LogP contribution in [0, 0.1) is 0 Å². The van der Waals surface area contributed by atoms with E-state index in [1.807, 2.05) is 59.2 Å². The molecule has 3 aromatic carbocycles. The number of ether oxygens (including phenoxy) is 3. The van der Waals surface area contributed by atoms with Crippen LogP contribution in [0.2, 0.25) is 0 Å². The Kier molecular flexibility index (Phi) is 10.9. The number of amides is 1. The van der Waals surface area contributed by atoms with Gasteiger partial charge in [-0.05, 0) is 62.6 Å². The van der Waals surface area contributed by atoms with E-state index in [9.17, 15) is 15.0 Å². The molecular weight excluding hydrogens is 600 g/mol. The van der Waals surface area contributed by atoms with Crippen LogP contribution in [-0.4, -0.2) is 72.9 Å². The number of nitrogens with one attached hydrogen (secondary N) is 2. The van der Waals surface area contributed by atoms with Crippen LogP contribution in [0.25, 0.3) is 10.8 Å². The Morgan fingerprint density at radius 2 is 1.62 bits per heavy atom. The number of aliphatic hydroxyl groups excluding tert-OH is 2. The smallest absolute Gasteiger partial charge is 0.408 e. The van der Waals surface area contributed by atoms with Gasteiger partial charge in [0.05, 0.1) is 37.9 Å². The first kappa shape index (κ1) is 34.4. The lowest BCUT2D eigenvalue weighted by Crippen LogP contribution is -2.59. The highest BCUT2D eigenvalue weighted by molar-refractivity contribution is 5.82. The van der Waals surface area contributed by atoms with E-state index in [0.29, 0.717) is 37.9 Å². The number of carbonyl (C=O) groups is 1. The Morgan fingerprint density at radius 3 is 2.36 bits per heavy atom. The zero-order chi connectivity index (χ0) is 33.6. The van der Waals surface area contributed by atoms with Crippen molar-refractivity contribution < 1.29 is 29.2 Å². The van der Waals surface area contributed by atoms with Gasteiger partial charge in [0.2, 0.25) is 6.41 Å². The van der Waals surface area contributed by atoms with E-state index in [1.165, 1.54) is 0 Å². The summed E-state index contributed by atoms with van der Waals surface area (Å²) in [4.78, 5) is 14.3. The fourth-order valence-corrected chi connectivity index (χ4v) is 5.35. The lowest BCUT2D eigenvalue weighted by atomic mass is 10.0. The van der Waals surface area contributed by atoms with E-state index in [2.05, 4.69) is 39.0 Å². The number of aliphatic hydroxyl groups is 2. The number of hydrogen-bond acceptors (Lipinski definition) is 10. The van der Waals surface area contributed by atoms with Crippen molar-refractivity contribution in [1.29, 1.82) is 0 Å². The highest BCUT2D eigenvalue weighted by atomic mass is 16.6. The van der Waals surface area contributed by atoms with Crippen LogP contribution < -0.4 is 10.6 Å². The molecule has 1 aromatic heterocycles. The van der Waals surface area contributed by atoms with Crippen molar-refractivity contribution in [2.24, 2.45) is 0 Å². The minimum atomic E-state index is -1.20. The highest BCUT2D eigenvalue weighted by Crippen LogP contribution is 2.23. The van der Waals surface area contributed by atoms with Crippen molar-refractivity contribution in [1.82, 2.24) is 30.3 Å². The van der Waals surface area contributed by atoms with Crippen LogP contribution >= 0.6 is 0 Å². The van der Waals surface area contributed by atoms with Crippen molar-refractivity contribution in [3.05, 3.63) is 95.6 Å². The van der Waals surface area contributed by atoms with E-state index in [0.717, 1.165) is 21.9 Å². The predicted molar refractivity (Wildman–Crippen MR) is 177 cm³/mol. The topological polar surface area (TPSA) is 143 Å². The van der Waals surface area contributed by atoms with E-state index in [1.54, 1.807) is 39.5 Å². The first-order valence-corrected chi connectivity index (χ1v) is 15.9. The summed E-state index contributed by atoms with van der Waals surface area (Å²) in [5.41, 5.74) is 0.191. The standard InChI is InChI=1S/C35H46N6O6/c1-34(2,3)47-32(43)37-35(4,5)31(42)36-28(23-45-21-24-11-7-6-8-12-24)30-39-38-29-20-40(17-18-41(29)30)33(44)46-22-25-15-16-26-13-9-10-14-27(26)19-25/h6-16,19,28,31,33,36,42,44H,17-18,20-23H2,1-5H3,(H,37,43)/t28-,31?,33?/m1/s1. The van der Waals surface area contributed by atoms with Crippen LogP contribution in [0.5, 0.6) is 0 Å². The van der Waals surface area contributed by atoms with Gasteiger partial charge in [0.25, 0.3) is 0 Å². The number of fused-ring (bicyclic) bond motifs is 2. The van der Waals surface area contributed by atoms with Crippen LogP contribution in [0.15, 0.2) is 72.8 Å². The van der Waals surface area contributed by atoms with E-state index in [-0.39, 0.29) is 13.2 Å². The largest absolute Gasteiger partial charge is 0.444 e. The highest BCUT2D eigenvalue weighted by Gasteiger charge is 2.36. The van der Waals surface area contributed by atoms with Crippen molar-refractivity contribution in [2.75, 3.05) is 13.2 Å². The third-order valence-electron chi connectivity index (χ3n) is 7.91. The van der Waals surface area contributed by atoms with Crippen LogP contribution in [0.4, 0.5) is 4.79 Å². The molecule has 1 aliphatic heterocycles. The van der Waals surface area contributed by atoms with Gasteiger partial charge in [-0.25, -0.2) is 9.69 Å². The molecule has 47 heavy (non-hydrogen) atoms. The zero-order valence-corrected chi connectivity index (χ0v) is 27.7. The molecule has 0 saturated carbocycles. The van der Waals surface area contributed by atoms with Gasteiger partial charge in [-0.15, -0.1) is 10.2 Å². The van der Waals surface area contributed by atoms with E-state index in [4.69, 9.17) is 14.2 Å². The molecule has 0 aliphatic carbocycles. The quantitative estimate of drug-likeness (QED) is 0.156. The molecule has 1 amide bonds. The average molecular weight is 647 g/mol. The molecule has 12 nitrogen and oxygen atoms in total. The van der Waals surface area contributed by atoms with Crippen molar-refractivity contribution >= 4 is 16.9 Å². The number of rotatable bonds is 13. The molecule has 4 N–H and O–H groups in total. The summed E-state index contributed by atoms with van der Waals surface area (Å²) in [6.45, 7) is 10.8. The molecule has 5 rings (SSSR count). The maximum Gasteiger partial charge on any atom is 0.408 e. The van der Waals surface area contributed by atoms with Gasteiger partial charge in [0, 0.05) is 13.1 Å². The molecule has 12 heteroatoms. The SMILES string of the molecule is CC(C)(C)OC(=O)NC(C)(C)C(O)N[C@H](COCc1ccccc1)c1nnc2n1CCN(C(O)OCc1ccc3ccccc3c1)C2. The Morgan fingerprint density at radius 1 is 0.894 bits per heavy atom. The second kappa shape index (κ2) is 14.9. The number of benzene rings is 3. The van der Waals surface area contributed by atoms with E-state index >= 15 is 0 Å². The second-order valence-corrected chi connectivity index (χ2v) is 13.4. The molecule has 0 spiro atoms. The predicted octanol–water partition coefficient (Wildman–Crippen LogP) is 4.21. The molecule has 252 valence electrons. The van der Waals surface area contributed by atoms with Crippen LogP contribution in [-0.2, 0) is 40.5 Å². The summed E-state index contributed by atoms with van der Waals surface area (Å²) < 4.78 is 19.3. The zero-order valence-electron chi connectivity index (χ0n) is 27.7. The molecule has 0 bridgehead atoms. The Balaban J connectivity index is 1.25. The minimum Gasteiger partial charge on any atom is -0.444 e. The molecular formula is C35H46N6O6. The van der Waals surface area contributed by atoms with Gasteiger partial charge in [-0.2, -0.15) is 0 Å². The fourth-order valence-electron chi connectivity index (χ4n) is 5.35. The summed E-state index contributed by atoms with van der Waals surface area (Å²) in [5.74, 6) is 1.22. The second-order valence-electron chi connectivity index (χ2n) is 13.4.